The Bertz CT molecular complexity index is 802. The quantitative estimate of drug-likeness (QED) is 0.929. The van der Waals surface area contributed by atoms with Crippen LogP contribution in [0.5, 0.6) is 0 Å². The summed E-state index contributed by atoms with van der Waals surface area (Å²) in [5.41, 5.74) is 0.709. The molecule has 5 nitrogen and oxygen atoms in total. The topological polar surface area (TPSA) is 86.3 Å². The molecule has 0 aromatic heterocycles. The van der Waals surface area contributed by atoms with Crippen molar-refractivity contribution >= 4 is 33.3 Å². The van der Waals surface area contributed by atoms with E-state index in [-0.39, 0.29) is 10.5 Å². The summed E-state index contributed by atoms with van der Waals surface area (Å²) in [4.78, 5) is 10.6. The van der Waals surface area contributed by atoms with E-state index in [0.717, 1.165) is 6.07 Å². The van der Waals surface area contributed by atoms with Crippen LogP contribution in [0.2, 0.25) is 5.02 Å². The maximum atomic E-state index is 12.3. The van der Waals surface area contributed by atoms with Crippen LogP contribution < -0.4 is 9.83 Å². The number of carboxylic acid groups (broad SMARTS) is 1. The van der Waals surface area contributed by atoms with Gasteiger partial charge in [0.15, 0.2) is 0 Å². The third-order valence-corrected chi connectivity index (χ3v) is 4.66. The molecule has 0 saturated heterocycles. The van der Waals surface area contributed by atoms with Crippen molar-refractivity contribution in [3.05, 3.63) is 58.6 Å². The first-order chi connectivity index (χ1) is 9.81. The first-order valence-electron chi connectivity index (χ1n) is 5.90. The van der Waals surface area contributed by atoms with Gasteiger partial charge in [-0.1, -0.05) is 29.8 Å². The van der Waals surface area contributed by atoms with Crippen molar-refractivity contribution in [2.24, 2.45) is 0 Å². The van der Waals surface area contributed by atoms with Crippen molar-refractivity contribution in [2.75, 3.05) is 4.72 Å². The average molecular weight is 325 g/mol. The molecule has 0 aliphatic carbocycles. The highest BCUT2D eigenvalue weighted by Crippen LogP contribution is 2.25. The molecule has 0 bridgehead atoms. The highest BCUT2D eigenvalue weighted by molar-refractivity contribution is 7.92. The van der Waals surface area contributed by atoms with Gasteiger partial charge in [-0.25, -0.2) is 8.42 Å². The van der Waals surface area contributed by atoms with Gasteiger partial charge in [0.2, 0.25) is 0 Å². The van der Waals surface area contributed by atoms with E-state index < -0.39 is 16.0 Å². The molecule has 1 N–H and O–H groups in total. The fourth-order valence-corrected chi connectivity index (χ4v) is 3.05. The van der Waals surface area contributed by atoms with Crippen LogP contribution in [0.1, 0.15) is 15.9 Å². The minimum atomic E-state index is -3.91. The van der Waals surface area contributed by atoms with Crippen LogP contribution >= 0.6 is 11.6 Å². The van der Waals surface area contributed by atoms with E-state index in [1.807, 2.05) is 0 Å². The molecule has 0 aliphatic rings. The van der Waals surface area contributed by atoms with Crippen molar-refractivity contribution < 1.29 is 18.3 Å². The Kier molecular flexibility index (Phi) is 4.20. The number of aromatic carboxylic acids is 1. The lowest BCUT2D eigenvalue weighted by Gasteiger charge is -2.12. The Morgan fingerprint density at radius 2 is 1.86 bits per heavy atom. The number of carboxylic acids is 1. The third-order valence-electron chi connectivity index (χ3n) is 2.89. The standard InChI is InChI=1S/C14H12ClNO4S/c1-9-12(15)6-3-7-13(9)16-21(19,20)11-5-2-4-10(8-11)14(17)18/h2-8,16H,1H3,(H,17,18)/p-1. The third kappa shape index (κ3) is 3.34. The van der Waals surface area contributed by atoms with Gasteiger partial charge in [0.05, 0.1) is 16.6 Å². The van der Waals surface area contributed by atoms with Gasteiger partial charge in [-0.05, 0) is 42.3 Å². The van der Waals surface area contributed by atoms with Crippen LogP contribution in [-0.4, -0.2) is 14.4 Å². The van der Waals surface area contributed by atoms with E-state index in [4.69, 9.17) is 11.6 Å². The Hall–Kier alpha value is -2.05. The number of benzene rings is 2. The summed E-state index contributed by atoms with van der Waals surface area (Å²) in [5, 5.41) is 11.2. The summed E-state index contributed by atoms with van der Waals surface area (Å²) < 4.78 is 26.9. The van der Waals surface area contributed by atoms with Gasteiger partial charge in [0.25, 0.3) is 10.0 Å². The monoisotopic (exact) mass is 324 g/mol. The van der Waals surface area contributed by atoms with Crippen LogP contribution in [0.15, 0.2) is 47.4 Å². The van der Waals surface area contributed by atoms with E-state index in [2.05, 4.69) is 4.72 Å². The number of anilines is 1. The molecule has 2 aromatic rings. The zero-order chi connectivity index (χ0) is 15.6. The molecule has 0 aliphatic heterocycles. The summed E-state index contributed by atoms with van der Waals surface area (Å²) in [6.07, 6.45) is 0. The summed E-state index contributed by atoms with van der Waals surface area (Å²) in [6, 6.07) is 9.77. The SMILES string of the molecule is Cc1c(Cl)cccc1NS(=O)(=O)c1cccc(C(=O)[O-])c1. The Labute approximate surface area is 127 Å². The van der Waals surface area contributed by atoms with Crippen molar-refractivity contribution in [3.8, 4) is 0 Å². The van der Waals surface area contributed by atoms with Gasteiger partial charge in [-0.3, -0.25) is 4.72 Å². The smallest absolute Gasteiger partial charge is 0.261 e. The first-order valence-corrected chi connectivity index (χ1v) is 7.77. The highest BCUT2D eigenvalue weighted by atomic mass is 35.5. The summed E-state index contributed by atoms with van der Waals surface area (Å²) in [5.74, 6) is -1.44. The fraction of sp³-hybridized carbons (Fsp3) is 0.0714. The van der Waals surface area contributed by atoms with Crippen LogP contribution in [0.25, 0.3) is 0 Å². The highest BCUT2D eigenvalue weighted by Gasteiger charge is 2.16. The molecule has 0 saturated carbocycles. The van der Waals surface area contributed by atoms with Crippen molar-refractivity contribution in [2.45, 2.75) is 11.8 Å². The van der Waals surface area contributed by atoms with Gasteiger partial charge < -0.3 is 9.90 Å². The molecule has 0 amide bonds. The minimum Gasteiger partial charge on any atom is -0.545 e. The minimum absolute atomic E-state index is 0.163. The Morgan fingerprint density at radius 3 is 2.52 bits per heavy atom. The van der Waals surface area contributed by atoms with E-state index in [1.54, 1.807) is 25.1 Å². The molecule has 2 aromatic carbocycles. The number of rotatable bonds is 4. The van der Waals surface area contributed by atoms with Crippen LogP contribution in [0, 0.1) is 6.92 Å². The fourth-order valence-electron chi connectivity index (χ4n) is 1.71. The van der Waals surface area contributed by atoms with Crippen LogP contribution in [0.4, 0.5) is 5.69 Å². The Balaban J connectivity index is 2.41. The largest absolute Gasteiger partial charge is 0.545 e. The summed E-state index contributed by atoms with van der Waals surface area (Å²) >= 11 is 5.93. The lowest BCUT2D eigenvalue weighted by molar-refractivity contribution is -0.255. The summed E-state index contributed by atoms with van der Waals surface area (Å²) in [7, 11) is -3.91. The van der Waals surface area contributed by atoms with E-state index >= 15 is 0 Å². The van der Waals surface area contributed by atoms with Gasteiger partial charge in [0.1, 0.15) is 0 Å². The number of halogens is 1. The molecule has 7 heteroatoms. The molecule has 0 spiro atoms. The predicted octanol–water partition coefficient (Wildman–Crippen LogP) is 1.81. The molecule has 21 heavy (non-hydrogen) atoms. The average Bonchev–Trinajstić information content (AvgIpc) is 2.44. The second-order valence-corrected chi connectivity index (χ2v) is 6.42. The maximum absolute atomic E-state index is 12.3. The van der Waals surface area contributed by atoms with Crippen molar-refractivity contribution in [1.82, 2.24) is 0 Å². The molecular weight excluding hydrogens is 314 g/mol. The number of carbonyl (C=O) groups is 1. The van der Waals surface area contributed by atoms with Gasteiger partial charge in [-0.15, -0.1) is 0 Å². The summed E-state index contributed by atoms with van der Waals surface area (Å²) in [6.45, 7) is 1.68. The molecular formula is C14H11ClNO4S-. The number of hydrogen-bond acceptors (Lipinski definition) is 4. The van der Waals surface area contributed by atoms with Crippen LogP contribution in [0.3, 0.4) is 0 Å². The van der Waals surface area contributed by atoms with Gasteiger partial charge in [0, 0.05) is 5.02 Å². The zero-order valence-electron chi connectivity index (χ0n) is 11.0. The zero-order valence-corrected chi connectivity index (χ0v) is 12.5. The van der Waals surface area contributed by atoms with E-state index in [0.29, 0.717) is 16.3 Å². The van der Waals surface area contributed by atoms with Gasteiger partial charge >= 0.3 is 0 Å². The van der Waals surface area contributed by atoms with Crippen LogP contribution in [-0.2, 0) is 10.0 Å². The molecule has 0 radical (unpaired) electrons. The van der Waals surface area contributed by atoms with Crippen molar-refractivity contribution in [1.29, 1.82) is 0 Å². The molecule has 0 unspecified atom stereocenters. The van der Waals surface area contributed by atoms with Gasteiger partial charge in [-0.2, -0.15) is 0 Å². The second-order valence-electron chi connectivity index (χ2n) is 4.33. The lowest BCUT2D eigenvalue weighted by Crippen LogP contribution is -2.23. The Morgan fingerprint density at radius 1 is 1.19 bits per heavy atom. The normalized spacial score (nSPS) is 11.1. The number of nitrogens with one attached hydrogen (secondary N) is 1. The molecule has 2 rings (SSSR count). The molecule has 0 heterocycles. The number of carbonyl (C=O) groups excluding carboxylic acids is 1. The lowest BCUT2D eigenvalue weighted by atomic mass is 10.2. The maximum Gasteiger partial charge on any atom is 0.261 e. The number of hydrogen-bond donors (Lipinski definition) is 1. The molecule has 0 fully saturated rings. The van der Waals surface area contributed by atoms with E-state index in [1.165, 1.54) is 18.2 Å². The second kappa shape index (κ2) is 5.75. The predicted molar refractivity (Wildman–Crippen MR) is 77.8 cm³/mol. The molecule has 110 valence electrons. The van der Waals surface area contributed by atoms with E-state index in [9.17, 15) is 18.3 Å². The number of sulfonamides is 1. The molecule has 0 atom stereocenters. The first kappa shape index (κ1) is 15.3. The van der Waals surface area contributed by atoms with Crippen molar-refractivity contribution in [3.63, 3.8) is 0 Å².